The number of rotatable bonds is 6. The number of nitrogens with zero attached hydrogens (tertiary/aromatic N) is 3. The molecule has 1 atom stereocenters. The van der Waals surface area contributed by atoms with Crippen LogP contribution in [0.4, 0.5) is 5.82 Å². The van der Waals surface area contributed by atoms with Crippen molar-refractivity contribution in [3.63, 3.8) is 0 Å². The van der Waals surface area contributed by atoms with Gasteiger partial charge in [0.05, 0.1) is 12.2 Å². The van der Waals surface area contributed by atoms with Gasteiger partial charge in [-0.1, -0.05) is 23.8 Å². The molecule has 1 aromatic carbocycles. The highest BCUT2D eigenvalue weighted by Crippen LogP contribution is 2.16. The quantitative estimate of drug-likeness (QED) is 0.882. The third kappa shape index (κ3) is 4.23. The number of likely N-dealkylation sites (N-methyl/N-ethyl adjacent to an activating group) is 1. The minimum atomic E-state index is -0.235. The van der Waals surface area contributed by atoms with Gasteiger partial charge in [-0.2, -0.15) is 5.10 Å². The molecule has 0 radical (unpaired) electrons. The summed E-state index contributed by atoms with van der Waals surface area (Å²) in [5, 5.41) is 7.23. The van der Waals surface area contributed by atoms with Crippen molar-refractivity contribution in [2.75, 3.05) is 12.4 Å². The lowest BCUT2D eigenvalue weighted by atomic mass is 10.0. The first kappa shape index (κ1) is 18.2. The number of anilines is 1. The van der Waals surface area contributed by atoms with E-state index in [4.69, 9.17) is 0 Å². The van der Waals surface area contributed by atoms with Crippen LogP contribution in [0.3, 0.4) is 0 Å². The van der Waals surface area contributed by atoms with Gasteiger partial charge in [0.15, 0.2) is 0 Å². The molecular weight excluding hydrogens is 300 g/mol. The summed E-state index contributed by atoms with van der Waals surface area (Å²) in [4.78, 5) is 14.6. The molecular formula is C19H28N4O. The van der Waals surface area contributed by atoms with E-state index in [0.29, 0.717) is 0 Å². The Labute approximate surface area is 144 Å². The molecule has 5 nitrogen and oxygen atoms in total. The maximum atomic E-state index is 12.6. The lowest BCUT2D eigenvalue weighted by Crippen LogP contribution is -2.39. The highest BCUT2D eigenvalue weighted by Gasteiger charge is 2.20. The first-order valence-electron chi connectivity index (χ1n) is 8.40. The fraction of sp³-hybridized carbons (Fsp3) is 0.474. The molecule has 0 bridgehead atoms. The van der Waals surface area contributed by atoms with Crippen LogP contribution in [0.2, 0.25) is 0 Å². The number of hydrogen-bond donors (Lipinski definition) is 1. The molecule has 5 heteroatoms. The lowest BCUT2D eigenvalue weighted by Gasteiger charge is -2.25. The van der Waals surface area contributed by atoms with E-state index in [1.807, 2.05) is 38.6 Å². The smallest absolute Gasteiger partial charge is 0.242 e. The predicted octanol–water partition coefficient (Wildman–Crippen LogP) is 3.54. The zero-order chi connectivity index (χ0) is 17.9. The predicted molar refractivity (Wildman–Crippen MR) is 98.1 cm³/mol. The molecule has 2 aromatic rings. The van der Waals surface area contributed by atoms with Gasteiger partial charge in [-0.15, -0.1) is 0 Å². The van der Waals surface area contributed by atoms with E-state index < -0.39 is 0 Å². The Balaban J connectivity index is 2.02. The second-order valence-electron chi connectivity index (χ2n) is 6.77. The van der Waals surface area contributed by atoms with Gasteiger partial charge in [-0.05, 0) is 52.8 Å². The highest BCUT2D eigenvalue weighted by molar-refractivity contribution is 5.93. The maximum absolute atomic E-state index is 12.6. The second-order valence-corrected chi connectivity index (χ2v) is 6.77. The van der Waals surface area contributed by atoms with Crippen LogP contribution in [0.25, 0.3) is 0 Å². The van der Waals surface area contributed by atoms with Crippen LogP contribution in [0.15, 0.2) is 30.5 Å². The molecule has 1 heterocycles. The minimum absolute atomic E-state index is 0.0235. The van der Waals surface area contributed by atoms with Gasteiger partial charge in [-0.3, -0.25) is 9.69 Å². The van der Waals surface area contributed by atoms with Gasteiger partial charge in [0.25, 0.3) is 0 Å². The number of carbonyl (C=O) groups is 1. The number of hydrogen-bond acceptors (Lipinski definition) is 3. The van der Waals surface area contributed by atoms with Crippen LogP contribution in [0.1, 0.15) is 43.5 Å². The van der Waals surface area contributed by atoms with Crippen LogP contribution in [0, 0.1) is 13.8 Å². The number of aryl methyl sites for hydroxylation is 2. The molecule has 1 N–H and O–H groups in total. The topological polar surface area (TPSA) is 50.2 Å². The van der Waals surface area contributed by atoms with E-state index in [-0.39, 0.29) is 18.0 Å². The second kappa shape index (κ2) is 7.62. The Hall–Kier alpha value is -2.14. The zero-order valence-electron chi connectivity index (χ0n) is 15.5. The molecule has 1 amide bonds. The molecule has 0 unspecified atom stereocenters. The van der Waals surface area contributed by atoms with Crippen LogP contribution in [0.5, 0.6) is 0 Å². The van der Waals surface area contributed by atoms with Crippen LogP contribution >= 0.6 is 0 Å². The summed E-state index contributed by atoms with van der Waals surface area (Å²) < 4.78 is 1.81. The number of carbonyl (C=O) groups excluding carboxylic acids is 1. The van der Waals surface area contributed by atoms with Gasteiger partial charge in [-0.25, -0.2) is 4.68 Å². The minimum Gasteiger partial charge on any atom is -0.310 e. The molecule has 24 heavy (non-hydrogen) atoms. The third-order valence-corrected chi connectivity index (χ3v) is 4.37. The monoisotopic (exact) mass is 328 g/mol. The van der Waals surface area contributed by atoms with Crippen molar-refractivity contribution >= 4 is 11.7 Å². The Morgan fingerprint density at radius 1 is 1.25 bits per heavy atom. The van der Waals surface area contributed by atoms with Gasteiger partial charge < -0.3 is 5.32 Å². The summed E-state index contributed by atoms with van der Waals surface area (Å²) in [6, 6.07) is 8.23. The van der Waals surface area contributed by atoms with Crippen molar-refractivity contribution in [3.05, 3.63) is 47.2 Å². The molecule has 1 aromatic heterocycles. The van der Waals surface area contributed by atoms with Gasteiger partial charge >= 0.3 is 0 Å². The molecule has 2 rings (SSSR count). The van der Waals surface area contributed by atoms with Crippen LogP contribution in [-0.2, 0) is 11.3 Å². The molecule has 0 aliphatic carbocycles. The average molecular weight is 328 g/mol. The van der Waals surface area contributed by atoms with Crippen molar-refractivity contribution in [3.8, 4) is 0 Å². The normalized spacial score (nSPS) is 12.7. The third-order valence-electron chi connectivity index (χ3n) is 4.37. The van der Waals surface area contributed by atoms with Crippen molar-refractivity contribution in [2.45, 2.75) is 53.2 Å². The summed E-state index contributed by atoms with van der Waals surface area (Å²) in [5.41, 5.74) is 3.76. The highest BCUT2D eigenvalue weighted by atomic mass is 16.2. The number of nitrogens with one attached hydrogen (secondary N) is 1. The van der Waals surface area contributed by atoms with Crippen LogP contribution in [-0.4, -0.2) is 33.7 Å². The van der Waals surface area contributed by atoms with E-state index >= 15 is 0 Å². The molecule has 0 aliphatic heterocycles. The Morgan fingerprint density at radius 3 is 2.58 bits per heavy atom. The summed E-state index contributed by atoms with van der Waals surface area (Å²) in [6.07, 6.45) is 1.71. The van der Waals surface area contributed by atoms with E-state index in [9.17, 15) is 4.79 Å². The zero-order valence-corrected chi connectivity index (χ0v) is 15.5. The van der Waals surface area contributed by atoms with Crippen molar-refractivity contribution in [1.29, 1.82) is 0 Å². The molecule has 0 saturated heterocycles. The molecule has 130 valence electrons. The molecule has 0 fully saturated rings. The van der Waals surface area contributed by atoms with E-state index in [1.54, 1.807) is 6.20 Å². The standard InChI is InChI=1S/C19H28N4O/c1-13(2)23-18(9-10-20-23)21-19(24)16(5)22(6)12-17-8-7-14(3)11-15(17)4/h7-11,13,16H,12H2,1-6H3,(H,21,24)/t16-/m1/s1. The average Bonchev–Trinajstić information content (AvgIpc) is 2.97. The molecule has 0 saturated carbocycles. The van der Waals surface area contributed by atoms with Crippen molar-refractivity contribution in [1.82, 2.24) is 14.7 Å². The fourth-order valence-corrected chi connectivity index (χ4v) is 2.68. The van der Waals surface area contributed by atoms with Gasteiger partial charge in [0.2, 0.25) is 5.91 Å². The van der Waals surface area contributed by atoms with E-state index in [2.05, 4.69) is 47.4 Å². The Morgan fingerprint density at radius 2 is 1.96 bits per heavy atom. The van der Waals surface area contributed by atoms with E-state index in [1.165, 1.54) is 16.7 Å². The Kier molecular flexibility index (Phi) is 5.78. The van der Waals surface area contributed by atoms with Gasteiger partial charge in [0, 0.05) is 18.7 Å². The summed E-state index contributed by atoms with van der Waals surface area (Å²) in [7, 11) is 1.98. The summed E-state index contributed by atoms with van der Waals surface area (Å²) in [5.74, 6) is 0.714. The number of aromatic nitrogens is 2. The Bertz CT molecular complexity index is 705. The van der Waals surface area contributed by atoms with Gasteiger partial charge in [0.1, 0.15) is 5.82 Å². The molecule has 0 aliphatic rings. The van der Waals surface area contributed by atoms with Crippen molar-refractivity contribution < 1.29 is 4.79 Å². The summed E-state index contributed by atoms with van der Waals surface area (Å²) >= 11 is 0. The molecule has 0 spiro atoms. The first-order chi connectivity index (χ1) is 11.3. The van der Waals surface area contributed by atoms with Crippen LogP contribution < -0.4 is 5.32 Å². The SMILES string of the molecule is Cc1ccc(CN(C)[C@H](C)C(=O)Nc2ccnn2C(C)C)c(C)c1. The maximum Gasteiger partial charge on any atom is 0.242 e. The number of amides is 1. The lowest BCUT2D eigenvalue weighted by molar-refractivity contribution is -0.120. The van der Waals surface area contributed by atoms with Crippen molar-refractivity contribution in [2.24, 2.45) is 0 Å². The van der Waals surface area contributed by atoms with E-state index in [0.717, 1.165) is 12.4 Å². The fourth-order valence-electron chi connectivity index (χ4n) is 2.68. The number of benzene rings is 1. The largest absolute Gasteiger partial charge is 0.310 e. The summed E-state index contributed by atoms with van der Waals surface area (Å²) in [6.45, 7) is 11.0. The first-order valence-corrected chi connectivity index (χ1v) is 8.40.